The van der Waals surface area contributed by atoms with E-state index in [0.29, 0.717) is 4.88 Å². The van der Waals surface area contributed by atoms with Crippen LogP contribution in [0.15, 0.2) is 30.3 Å². The first-order valence-electron chi connectivity index (χ1n) is 6.29. The molecule has 4 nitrogen and oxygen atoms in total. The highest BCUT2D eigenvalue weighted by atomic mass is 32.1. The van der Waals surface area contributed by atoms with Gasteiger partial charge in [0.05, 0.1) is 16.9 Å². The molecule has 0 radical (unpaired) electrons. The monoisotopic (exact) mass is 301 g/mol. The Hall–Kier alpha value is -2.29. The minimum Gasteiger partial charge on any atom is -0.496 e. The molecule has 108 valence electrons. The number of thiophene rings is 1. The second-order valence-electron chi connectivity index (χ2n) is 4.26. The summed E-state index contributed by atoms with van der Waals surface area (Å²) in [6.45, 7) is 1.73. The molecule has 2 rings (SSSR count). The predicted octanol–water partition coefficient (Wildman–Crippen LogP) is 2.66. The Labute approximate surface area is 127 Å². The largest absolute Gasteiger partial charge is 0.496 e. The van der Waals surface area contributed by atoms with Gasteiger partial charge in [0.2, 0.25) is 0 Å². The number of rotatable bonds is 3. The van der Waals surface area contributed by atoms with Gasteiger partial charge in [-0.05, 0) is 42.8 Å². The van der Waals surface area contributed by atoms with Gasteiger partial charge in [-0.2, -0.15) is 0 Å². The number of anilines is 1. The number of aliphatic hydroxyl groups excluding tert-OH is 1. The molecule has 0 spiro atoms. The molecule has 21 heavy (non-hydrogen) atoms. The number of carbonyl (C=O) groups is 1. The molecule has 2 aromatic rings. The summed E-state index contributed by atoms with van der Waals surface area (Å²) in [6.07, 6.45) is 0. The fourth-order valence-corrected chi connectivity index (χ4v) is 2.58. The first-order chi connectivity index (χ1) is 10.1. The third-order valence-corrected chi connectivity index (χ3v) is 3.77. The van der Waals surface area contributed by atoms with E-state index in [1.54, 1.807) is 25.3 Å². The van der Waals surface area contributed by atoms with Crippen molar-refractivity contribution in [1.82, 2.24) is 0 Å². The summed E-state index contributed by atoms with van der Waals surface area (Å²) in [6, 6.07) is 8.96. The van der Waals surface area contributed by atoms with Crippen molar-refractivity contribution in [3.8, 4) is 17.6 Å². The van der Waals surface area contributed by atoms with Gasteiger partial charge in [0.15, 0.2) is 0 Å². The van der Waals surface area contributed by atoms with Crippen LogP contribution in [0, 0.1) is 18.8 Å². The van der Waals surface area contributed by atoms with Crippen molar-refractivity contribution in [3.05, 3.63) is 45.6 Å². The molecule has 5 heteroatoms. The molecular weight excluding hydrogens is 286 g/mol. The molecule has 0 saturated carbocycles. The van der Waals surface area contributed by atoms with E-state index in [1.807, 2.05) is 19.1 Å². The molecule has 2 N–H and O–H groups in total. The molecule has 0 atom stereocenters. The summed E-state index contributed by atoms with van der Waals surface area (Å²) in [5.74, 6) is 5.94. The molecule has 1 amide bonds. The maximum atomic E-state index is 12.1. The zero-order chi connectivity index (χ0) is 15.2. The minimum atomic E-state index is -0.190. The Morgan fingerprint density at radius 3 is 2.86 bits per heavy atom. The highest BCUT2D eigenvalue weighted by Gasteiger charge is 2.09. The van der Waals surface area contributed by atoms with Crippen LogP contribution in [0.4, 0.5) is 5.69 Å². The second-order valence-corrected chi connectivity index (χ2v) is 5.35. The van der Waals surface area contributed by atoms with Crippen LogP contribution in [-0.4, -0.2) is 24.7 Å². The van der Waals surface area contributed by atoms with Crippen molar-refractivity contribution in [2.45, 2.75) is 6.92 Å². The van der Waals surface area contributed by atoms with Crippen molar-refractivity contribution in [2.75, 3.05) is 19.0 Å². The van der Waals surface area contributed by atoms with Crippen molar-refractivity contribution in [3.63, 3.8) is 0 Å². The van der Waals surface area contributed by atoms with Crippen LogP contribution < -0.4 is 10.1 Å². The lowest BCUT2D eigenvalue weighted by Crippen LogP contribution is -2.10. The number of nitrogens with one attached hydrogen (secondary N) is 1. The topological polar surface area (TPSA) is 58.6 Å². The molecule has 0 saturated heterocycles. The first kappa shape index (κ1) is 15.1. The number of aryl methyl sites for hydroxylation is 1. The van der Waals surface area contributed by atoms with Crippen LogP contribution >= 0.6 is 11.3 Å². The molecule has 0 aliphatic carbocycles. The van der Waals surface area contributed by atoms with Gasteiger partial charge in [-0.15, -0.1) is 11.3 Å². The number of benzene rings is 1. The normalized spacial score (nSPS) is 9.67. The predicted molar refractivity (Wildman–Crippen MR) is 84.0 cm³/mol. The zero-order valence-corrected chi connectivity index (χ0v) is 12.6. The smallest absolute Gasteiger partial charge is 0.265 e. The Morgan fingerprint density at radius 2 is 2.19 bits per heavy atom. The molecule has 1 heterocycles. The lowest BCUT2D eigenvalue weighted by atomic mass is 10.2. The van der Waals surface area contributed by atoms with E-state index in [0.717, 1.165) is 21.9 Å². The zero-order valence-electron chi connectivity index (χ0n) is 11.8. The van der Waals surface area contributed by atoms with Gasteiger partial charge in [-0.3, -0.25) is 4.79 Å². The lowest BCUT2D eigenvalue weighted by molar-refractivity contribution is 0.103. The average Bonchev–Trinajstić information content (AvgIpc) is 2.94. The molecule has 1 aromatic heterocycles. The van der Waals surface area contributed by atoms with Crippen LogP contribution in [-0.2, 0) is 0 Å². The van der Waals surface area contributed by atoms with Crippen LogP contribution in [0.25, 0.3) is 0 Å². The average molecular weight is 301 g/mol. The van der Waals surface area contributed by atoms with Crippen LogP contribution in [0.1, 0.15) is 20.1 Å². The quantitative estimate of drug-likeness (QED) is 0.857. The van der Waals surface area contributed by atoms with Crippen molar-refractivity contribution in [1.29, 1.82) is 0 Å². The van der Waals surface area contributed by atoms with Gasteiger partial charge >= 0.3 is 0 Å². The summed E-state index contributed by atoms with van der Waals surface area (Å²) in [5.41, 5.74) is 1.67. The number of carbonyl (C=O) groups excluding carboxylic acids is 1. The molecule has 0 aliphatic rings. The molecule has 0 aliphatic heterocycles. The van der Waals surface area contributed by atoms with Gasteiger partial charge in [0.1, 0.15) is 12.4 Å². The Kier molecular flexibility index (Phi) is 4.99. The van der Waals surface area contributed by atoms with Crippen LogP contribution in [0.5, 0.6) is 5.75 Å². The Morgan fingerprint density at radius 1 is 1.38 bits per heavy atom. The number of methoxy groups -OCH3 is 1. The lowest BCUT2D eigenvalue weighted by Gasteiger charge is -2.08. The fourth-order valence-electron chi connectivity index (χ4n) is 1.80. The Bertz CT molecular complexity index is 710. The van der Waals surface area contributed by atoms with Crippen molar-refractivity contribution < 1.29 is 14.6 Å². The first-order valence-corrected chi connectivity index (χ1v) is 7.11. The van der Waals surface area contributed by atoms with Crippen LogP contribution in [0.3, 0.4) is 0 Å². The van der Waals surface area contributed by atoms with Gasteiger partial charge in [-0.25, -0.2) is 0 Å². The van der Waals surface area contributed by atoms with E-state index in [2.05, 4.69) is 17.2 Å². The third-order valence-electron chi connectivity index (χ3n) is 2.77. The summed E-state index contributed by atoms with van der Waals surface area (Å²) < 4.78 is 5.18. The molecular formula is C16H15NO3S. The second kappa shape index (κ2) is 6.93. The highest BCUT2D eigenvalue weighted by Crippen LogP contribution is 2.23. The highest BCUT2D eigenvalue weighted by molar-refractivity contribution is 7.14. The molecule has 0 bridgehead atoms. The van der Waals surface area contributed by atoms with Gasteiger partial charge in [-0.1, -0.05) is 11.8 Å². The van der Waals surface area contributed by atoms with E-state index in [1.165, 1.54) is 11.3 Å². The minimum absolute atomic E-state index is 0.179. The summed E-state index contributed by atoms with van der Waals surface area (Å²) in [4.78, 5) is 13.5. The van der Waals surface area contributed by atoms with E-state index in [-0.39, 0.29) is 12.5 Å². The van der Waals surface area contributed by atoms with E-state index < -0.39 is 0 Å². The molecule has 0 unspecified atom stereocenters. The van der Waals surface area contributed by atoms with Crippen molar-refractivity contribution in [2.24, 2.45) is 0 Å². The maximum absolute atomic E-state index is 12.1. The molecule has 0 fully saturated rings. The van der Waals surface area contributed by atoms with Gasteiger partial charge < -0.3 is 15.2 Å². The summed E-state index contributed by atoms with van der Waals surface area (Å²) in [5, 5.41) is 11.5. The number of hydrogen-bond acceptors (Lipinski definition) is 4. The molecule has 1 aromatic carbocycles. The number of ether oxygens (including phenoxy) is 1. The number of hydrogen-bond donors (Lipinski definition) is 2. The fraction of sp³-hybridized carbons (Fsp3) is 0.188. The standard InChI is InChI=1S/C16H15NO3S/c1-11-10-12(5-7-14(11)20-2)17-16(19)15-8-6-13(21-15)4-3-9-18/h5-8,10,18H,9H2,1-2H3,(H,17,19). The Balaban J connectivity index is 2.10. The summed E-state index contributed by atoms with van der Waals surface area (Å²) >= 11 is 1.29. The van der Waals surface area contributed by atoms with E-state index in [4.69, 9.17) is 9.84 Å². The maximum Gasteiger partial charge on any atom is 0.265 e. The van der Waals surface area contributed by atoms with E-state index in [9.17, 15) is 4.79 Å². The SMILES string of the molecule is COc1ccc(NC(=O)c2ccc(C#CCO)s2)cc1C. The van der Waals surface area contributed by atoms with Gasteiger partial charge in [0, 0.05) is 5.69 Å². The number of amides is 1. The van der Waals surface area contributed by atoms with E-state index >= 15 is 0 Å². The van der Waals surface area contributed by atoms with Crippen molar-refractivity contribution >= 4 is 22.9 Å². The third kappa shape index (κ3) is 3.85. The number of aliphatic hydroxyl groups is 1. The summed E-state index contributed by atoms with van der Waals surface area (Å²) in [7, 11) is 1.61. The van der Waals surface area contributed by atoms with Crippen LogP contribution in [0.2, 0.25) is 0 Å². The van der Waals surface area contributed by atoms with Gasteiger partial charge in [0.25, 0.3) is 5.91 Å².